The summed E-state index contributed by atoms with van der Waals surface area (Å²) >= 11 is 0. The highest BCUT2D eigenvalue weighted by Crippen LogP contribution is 2.16. The average molecular weight is 208 g/mol. The maximum atomic E-state index is 10.9. The summed E-state index contributed by atoms with van der Waals surface area (Å²) < 4.78 is 0. The number of rotatable bonds is 3. The molecule has 0 radical (unpaired) electrons. The number of nitrogens with two attached hydrogens (primary N) is 2. The SMILES string of the molecule is Cc1ccc(N(N)/C=C\N)c(C(=O)O)n1. The third-order valence-electron chi connectivity index (χ3n) is 1.74. The molecule has 0 saturated carbocycles. The van der Waals surface area contributed by atoms with Crippen molar-refractivity contribution in [1.29, 1.82) is 0 Å². The number of aromatic nitrogens is 1. The van der Waals surface area contributed by atoms with Gasteiger partial charge in [-0.3, -0.25) is 5.01 Å². The van der Waals surface area contributed by atoms with E-state index in [0.717, 1.165) is 5.01 Å². The van der Waals surface area contributed by atoms with Crippen LogP contribution < -0.4 is 16.6 Å². The molecule has 0 aliphatic rings. The van der Waals surface area contributed by atoms with Crippen LogP contribution in [-0.2, 0) is 0 Å². The molecular formula is C9H12N4O2. The Balaban J connectivity index is 3.22. The number of hydrogen-bond acceptors (Lipinski definition) is 5. The van der Waals surface area contributed by atoms with Gasteiger partial charge in [0.15, 0.2) is 5.69 Å². The molecule has 0 bridgehead atoms. The first-order valence-electron chi connectivity index (χ1n) is 4.19. The van der Waals surface area contributed by atoms with Crippen molar-refractivity contribution in [2.75, 3.05) is 5.01 Å². The van der Waals surface area contributed by atoms with E-state index in [1.165, 1.54) is 12.4 Å². The lowest BCUT2D eigenvalue weighted by atomic mass is 10.2. The largest absolute Gasteiger partial charge is 0.476 e. The zero-order valence-corrected chi connectivity index (χ0v) is 8.21. The quantitative estimate of drug-likeness (QED) is 0.484. The zero-order chi connectivity index (χ0) is 11.4. The minimum atomic E-state index is -1.13. The summed E-state index contributed by atoms with van der Waals surface area (Å²) in [5.41, 5.74) is 5.95. The molecule has 0 aliphatic carbocycles. The van der Waals surface area contributed by atoms with Crippen molar-refractivity contribution in [2.45, 2.75) is 6.92 Å². The van der Waals surface area contributed by atoms with Crippen molar-refractivity contribution in [2.24, 2.45) is 11.6 Å². The minimum absolute atomic E-state index is 0.101. The Bertz CT molecular complexity index is 403. The van der Waals surface area contributed by atoms with Gasteiger partial charge in [0.2, 0.25) is 0 Å². The topological polar surface area (TPSA) is 105 Å². The van der Waals surface area contributed by atoms with Gasteiger partial charge in [0, 0.05) is 18.1 Å². The first-order valence-corrected chi connectivity index (χ1v) is 4.19. The second-order valence-corrected chi connectivity index (χ2v) is 2.87. The van der Waals surface area contributed by atoms with Gasteiger partial charge in [-0.25, -0.2) is 15.6 Å². The van der Waals surface area contributed by atoms with Crippen LogP contribution in [0.5, 0.6) is 0 Å². The summed E-state index contributed by atoms with van der Waals surface area (Å²) in [6.45, 7) is 1.70. The van der Waals surface area contributed by atoms with E-state index in [1.54, 1.807) is 19.1 Å². The number of carbonyl (C=O) groups is 1. The van der Waals surface area contributed by atoms with Gasteiger partial charge in [0.1, 0.15) is 0 Å². The van der Waals surface area contributed by atoms with Gasteiger partial charge in [-0.15, -0.1) is 0 Å². The highest BCUT2D eigenvalue weighted by molar-refractivity contribution is 5.92. The second-order valence-electron chi connectivity index (χ2n) is 2.87. The van der Waals surface area contributed by atoms with Gasteiger partial charge in [0.05, 0.1) is 5.69 Å². The number of hydrazine groups is 1. The minimum Gasteiger partial charge on any atom is -0.476 e. The van der Waals surface area contributed by atoms with E-state index in [2.05, 4.69) is 4.98 Å². The lowest BCUT2D eigenvalue weighted by Gasteiger charge is -2.15. The fourth-order valence-corrected chi connectivity index (χ4v) is 1.09. The molecule has 0 fully saturated rings. The number of aromatic carboxylic acids is 1. The summed E-state index contributed by atoms with van der Waals surface area (Å²) in [5.74, 6) is 4.43. The van der Waals surface area contributed by atoms with Crippen molar-refractivity contribution in [3.8, 4) is 0 Å². The van der Waals surface area contributed by atoms with Crippen molar-refractivity contribution < 1.29 is 9.90 Å². The number of anilines is 1. The second kappa shape index (κ2) is 4.43. The van der Waals surface area contributed by atoms with E-state index in [4.69, 9.17) is 16.7 Å². The fourth-order valence-electron chi connectivity index (χ4n) is 1.09. The molecular weight excluding hydrogens is 196 g/mol. The summed E-state index contributed by atoms with van der Waals surface area (Å²) in [5, 5.41) is 10.0. The molecule has 0 saturated heterocycles. The van der Waals surface area contributed by atoms with Crippen LogP contribution in [0.4, 0.5) is 5.69 Å². The van der Waals surface area contributed by atoms with Gasteiger partial charge in [-0.1, -0.05) is 0 Å². The number of nitrogens with zero attached hydrogens (tertiary/aromatic N) is 2. The number of aryl methyl sites for hydroxylation is 1. The van der Waals surface area contributed by atoms with Gasteiger partial charge >= 0.3 is 5.97 Å². The third-order valence-corrected chi connectivity index (χ3v) is 1.74. The predicted octanol–water partition coefficient (Wildman–Crippen LogP) is 0.198. The smallest absolute Gasteiger partial charge is 0.356 e. The van der Waals surface area contributed by atoms with E-state index < -0.39 is 5.97 Å². The van der Waals surface area contributed by atoms with Crippen LogP contribution in [0, 0.1) is 6.92 Å². The van der Waals surface area contributed by atoms with E-state index >= 15 is 0 Å². The molecule has 6 nitrogen and oxygen atoms in total. The summed E-state index contributed by atoms with van der Waals surface area (Å²) in [7, 11) is 0. The zero-order valence-electron chi connectivity index (χ0n) is 8.21. The maximum absolute atomic E-state index is 10.9. The third kappa shape index (κ3) is 2.44. The number of carboxylic acids is 1. The van der Waals surface area contributed by atoms with Crippen LogP contribution in [0.1, 0.15) is 16.2 Å². The Labute approximate surface area is 86.8 Å². The summed E-state index contributed by atoms with van der Waals surface area (Å²) in [6, 6.07) is 3.25. The molecule has 1 rings (SSSR count). The highest BCUT2D eigenvalue weighted by atomic mass is 16.4. The predicted molar refractivity (Wildman–Crippen MR) is 55.9 cm³/mol. The van der Waals surface area contributed by atoms with Gasteiger partial charge in [0.25, 0.3) is 0 Å². The van der Waals surface area contributed by atoms with Crippen LogP contribution in [0.2, 0.25) is 0 Å². The molecule has 1 aromatic heterocycles. The normalized spacial score (nSPS) is 10.5. The Morgan fingerprint density at radius 1 is 1.60 bits per heavy atom. The molecule has 0 atom stereocenters. The Morgan fingerprint density at radius 2 is 2.27 bits per heavy atom. The van der Waals surface area contributed by atoms with Gasteiger partial charge < -0.3 is 10.8 Å². The monoisotopic (exact) mass is 208 g/mol. The lowest BCUT2D eigenvalue weighted by Crippen LogP contribution is -2.27. The first-order chi connectivity index (χ1) is 7.06. The van der Waals surface area contributed by atoms with E-state index in [1.807, 2.05) is 0 Å². The number of hydrogen-bond donors (Lipinski definition) is 3. The molecule has 80 valence electrons. The van der Waals surface area contributed by atoms with Crippen molar-refractivity contribution >= 4 is 11.7 Å². The number of pyridine rings is 1. The van der Waals surface area contributed by atoms with E-state index in [-0.39, 0.29) is 11.4 Å². The molecule has 0 aromatic carbocycles. The van der Waals surface area contributed by atoms with Gasteiger partial charge in [-0.05, 0) is 19.1 Å². The Morgan fingerprint density at radius 3 is 2.80 bits per heavy atom. The van der Waals surface area contributed by atoms with E-state index in [9.17, 15) is 4.79 Å². The first kappa shape index (κ1) is 11.0. The van der Waals surface area contributed by atoms with Crippen LogP contribution >= 0.6 is 0 Å². The Hall–Kier alpha value is -2.08. The lowest BCUT2D eigenvalue weighted by molar-refractivity contribution is 0.0691. The highest BCUT2D eigenvalue weighted by Gasteiger charge is 2.14. The van der Waals surface area contributed by atoms with Gasteiger partial charge in [-0.2, -0.15) is 0 Å². The molecule has 0 spiro atoms. The van der Waals surface area contributed by atoms with Crippen LogP contribution in [-0.4, -0.2) is 16.1 Å². The van der Waals surface area contributed by atoms with Crippen molar-refractivity contribution in [1.82, 2.24) is 4.98 Å². The van der Waals surface area contributed by atoms with Crippen molar-refractivity contribution in [3.63, 3.8) is 0 Å². The van der Waals surface area contributed by atoms with E-state index in [0.29, 0.717) is 5.69 Å². The van der Waals surface area contributed by atoms with Crippen LogP contribution in [0.15, 0.2) is 24.5 Å². The molecule has 0 unspecified atom stereocenters. The molecule has 1 aromatic rings. The molecule has 5 N–H and O–H groups in total. The van der Waals surface area contributed by atoms with Crippen molar-refractivity contribution in [3.05, 3.63) is 35.9 Å². The molecule has 1 heterocycles. The van der Waals surface area contributed by atoms with Crippen LogP contribution in [0.25, 0.3) is 0 Å². The molecule has 0 amide bonds. The summed E-state index contributed by atoms with van der Waals surface area (Å²) in [4.78, 5) is 14.8. The number of carboxylic acid groups (broad SMARTS) is 1. The Kier molecular flexibility index (Phi) is 3.25. The molecule has 15 heavy (non-hydrogen) atoms. The fraction of sp³-hybridized carbons (Fsp3) is 0.111. The maximum Gasteiger partial charge on any atom is 0.356 e. The molecule has 0 aliphatic heterocycles. The standard InChI is InChI=1S/C9H12N4O2/c1-6-2-3-7(13(11)5-4-10)8(12-6)9(14)15/h2-5H,10-11H2,1H3,(H,14,15)/b5-4-. The van der Waals surface area contributed by atoms with Crippen LogP contribution in [0.3, 0.4) is 0 Å². The molecule has 6 heteroatoms. The average Bonchev–Trinajstić information content (AvgIpc) is 2.17. The summed E-state index contributed by atoms with van der Waals surface area (Å²) in [6.07, 6.45) is 2.56.